The summed E-state index contributed by atoms with van der Waals surface area (Å²) in [6, 6.07) is 5.18. The number of amides is 1. The van der Waals surface area contributed by atoms with Crippen molar-refractivity contribution >= 4 is 39.2 Å². The fraction of sp³-hybridized carbons (Fsp3) is 0.214. The highest BCUT2D eigenvalue weighted by Gasteiger charge is 2.18. The van der Waals surface area contributed by atoms with E-state index in [4.69, 9.17) is 10.4 Å². The SMILES string of the molecule is N#Cc1cc(N=C(NO)c2nonc2SCCNC(=O)CS(N)(=O)=O)ccc1F. The van der Waals surface area contributed by atoms with Crippen LogP contribution >= 0.6 is 11.8 Å². The number of carbonyl (C=O) groups excluding carboxylic acids is 1. The molecule has 0 atom stereocenters. The number of nitrogens with two attached hydrogens (primary N) is 1. The van der Waals surface area contributed by atoms with Gasteiger partial charge in [0.25, 0.3) is 0 Å². The fourth-order valence-corrected chi connectivity index (χ4v) is 3.14. The topological polar surface area (TPSA) is 197 Å². The van der Waals surface area contributed by atoms with Crippen LogP contribution in [-0.2, 0) is 14.8 Å². The lowest BCUT2D eigenvalue weighted by Crippen LogP contribution is -2.34. The Labute approximate surface area is 168 Å². The van der Waals surface area contributed by atoms with Gasteiger partial charge in [0.1, 0.15) is 17.6 Å². The van der Waals surface area contributed by atoms with Crippen molar-refractivity contribution in [3.63, 3.8) is 0 Å². The molecule has 0 aliphatic carbocycles. The van der Waals surface area contributed by atoms with Gasteiger partial charge in [-0.25, -0.2) is 27.6 Å². The van der Waals surface area contributed by atoms with Gasteiger partial charge < -0.3 is 5.32 Å². The first kappa shape index (κ1) is 22.2. The molecule has 15 heteroatoms. The number of aromatic nitrogens is 2. The molecule has 0 aliphatic heterocycles. The molecule has 0 spiro atoms. The molecule has 154 valence electrons. The van der Waals surface area contributed by atoms with E-state index in [1.54, 1.807) is 6.07 Å². The van der Waals surface area contributed by atoms with E-state index in [1.165, 1.54) is 12.1 Å². The molecule has 1 aromatic carbocycles. The monoisotopic (exact) mass is 443 g/mol. The van der Waals surface area contributed by atoms with Gasteiger partial charge in [0.15, 0.2) is 16.6 Å². The van der Waals surface area contributed by atoms with Crippen LogP contribution in [0.2, 0.25) is 0 Å². The van der Waals surface area contributed by atoms with Crippen LogP contribution in [-0.4, -0.2) is 53.7 Å². The number of carbonyl (C=O) groups is 1. The summed E-state index contributed by atoms with van der Waals surface area (Å²) >= 11 is 1.07. The number of rotatable bonds is 8. The van der Waals surface area contributed by atoms with Crippen LogP contribution in [0, 0.1) is 17.1 Å². The van der Waals surface area contributed by atoms with E-state index < -0.39 is 27.5 Å². The second-order valence-electron chi connectivity index (χ2n) is 5.27. The Bertz CT molecular complexity index is 1060. The first-order chi connectivity index (χ1) is 13.7. The van der Waals surface area contributed by atoms with E-state index in [1.807, 2.05) is 5.48 Å². The summed E-state index contributed by atoms with van der Waals surface area (Å²) < 4.78 is 39.7. The zero-order chi connectivity index (χ0) is 21.4. The summed E-state index contributed by atoms with van der Waals surface area (Å²) in [5, 5.41) is 32.8. The van der Waals surface area contributed by atoms with Crippen LogP contribution in [0.5, 0.6) is 0 Å². The summed E-state index contributed by atoms with van der Waals surface area (Å²) in [7, 11) is -3.91. The number of hydroxylamine groups is 1. The average molecular weight is 443 g/mol. The second kappa shape index (κ2) is 9.93. The Kier molecular flexibility index (Phi) is 7.61. The van der Waals surface area contributed by atoms with Crippen LogP contribution in [0.3, 0.4) is 0 Å². The van der Waals surface area contributed by atoms with Crippen molar-refractivity contribution in [2.24, 2.45) is 10.1 Å². The maximum Gasteiger partial charge on any atom is 0.236 e. The van der Waals surface area contributed by atoms with Gasteiger partial charge in [-0.2, -0.15) is 5.26 Å². The zero-order valence-electron chi connectivity index (χ0n) is 14.5. The zero-order valence-corrected chi connectivity index (χ0v) is 16.1. The normalized spacial score (nSPS) is 11.7. The summed E-state index contributed by atoms with van der Waals surface area (Å²) in [5.41, 5.74) is 1.78. The minimum atomic E-state index is -3.91. The summed E-state index contributed by atoms with van der Waals surface area (Å²) in [6.45, 7) is 0.0911. The lowest BCUT2D eigenvalue weighted by Gasteiger charge is -2.05. The van der Waals surface area contributed by atoms with E-state index in [0.29, 0.717) is 0 Å². The summed E-state index contributed by atoms with van der Waals surface area (Å²) in [5.74, 6) is -2.22. The molecular formula is C14H14FN7O5S2. The van der Waals surface area contributed by atoms with Gasteiger partial charge >= 0.3 is 0 Å². The standard InChI is InChI=1S/C14H14FN7O5S2/c15-10-2-1-9(5-8(10)6-16)19-13(20-24)12-14(22-27-21-12)28-4-3-18-11(23)7-29(17,25)26/h1-2,5,24H,3-4,7H2,(H,18,23)(H,19,20)(H2,17,25,26). The summed E-state index contributed by atoms with van der Waals surface area (Å²) in [6.07, 6.45) is 0. The number of sulfonamides is 1. The van der Waals surface area contributed by atoms with Crippen LogP contribution in [0.15, 0.2) is 32.8 Å². The highest BCUT2D eigenvalue weighted by molar-refractivity contribution is 7.99. The third kappa shape index (κ3) is 6.80. The van der Waals surface area contributed by atoms with E-state index in [0.717, 1.165) is 17.8 Å². The maximum absolute atomic E-state index is 13.4. The van der Waals surface area contributed by atoms with Crippen LogP contribution in [0.1, 0.15) is 11.3 Å². The van der Waals surface area contributed by atoms with Gasteiger partial charge in [-0.05, 0) is 28.5 Å². The van der Waals surface area contributed by atoms with E-state index in [2.05, 4.69) is 25.3 Å². The number of primary sulfonamides is 1. The molecule has 0 bridgehead atoms. The maximum atomic E-state index is 13.4. The molecule has 0 saturated heterocycles. The molecule has 0 radical (unpaired) electrons. The highest BCUT2D eigenvalue weighted by Crippen LogP contribution is 2.22. The Morgan fingerprint density at radius 1 is 1.45 bits per heavy atom. The third-order valence-corrected chi connectivity index (χ3v) is 4.71. The first-order valence-corrected chi connectivity index (χ1v) is 10.3. The summed E-state index contributed by atoms with van der Waals surface area (Å²) in [4.78, 5) is 15.4. The smallest absolute Gasteiger partial charge is 0.236 e. The number of aliphatic imine (C=N–C) groups is 1. The van der Waals surface area contributed by atoms with Crippen LogP contribution < -0.4 is 15.9 Å². The van der Waals surface area contributed by atoms with E-state index >= 15 is 0 Å². The number of hydrogen-bond donors (Lipinski definition) is 4. The number of halogens is 1. The fourth-order valence-electron chi connectivity index (χ4n) is 1.92. The molecule has 1 aromatic heterocycles. The molecule has 12 nitrogen and oxygen atoms in total. The Morgan fingerprint density at radius 3 is 2.86 bits per heavy atom. The quantitative estimate of drug-likeness (QED) is 0.137. The van der Waals surface area contributed by atoms with Crippen molar-refractivity contribution in [1.29, 1.82) is 5.26 Å². The van der Waals surface area contributed by atoms with Crippen molar-refractivity contribution in [3.05, 3.63) is 35.3 Å². The molecule has 1 heterocycles. The largest absolute Gasteiger partial charge is 0.354 e. The number of hydrogen-bond acceptors (Lipinski definition) is 10. The first-order valence-electron chi connectivity index (χ1n) is 7.65. The van der Waals surface area contributed by atoms with Crippen molar-refractivity contribution < 1.29 is 27.4 Å². The van der Waals surface area contributed by atoms with E-state index in [-0.39, 0.29) is 40.1 Å². The molecule has 5 N–H and O–H groups in total. The number of thioether (sulfide) groups is 1. The predicted molar refractivity (Wildman–Crippen MR) is 98.2 cm³/mol. The van der Waals surface area contributed by atoms with Gasteiger partial charge in [-0.15, -0.1) is 0 Å². The van der Waals surface area contributed by atoms with Crippen LogP contribution in [0.25, 0.3) is 0 Å². The third-order valence-electron chi connectivity index (χ3n) is 3.10. The lowest BCUT2D eigenvalue weighted by atomic mass is 10.2. The second-order valence-corrected chi connectivity index (χ2v) is 7.97. The van der Waals surface area contributed by atoms with Crippen molar-refractivity contribution in [2.45, 2.75) is 5.03 Å². The number of nitrogens with zero attached hydrogens (tertiary/aromatic N) is 4. The van der Waals surface area contributed by atoms with E-state index in [9.17, 15) is 22.8 Å². The van der Waals surface area contributed by atoms with Crippen molar-refractivity contribution in [1.82, 2.24) is 21.1 Å². The minimum absolute atomic E-state index is 0.0243. The number of benzene rings is 1. The average Bonchev–Trinajstić information content (AvgIpc) is 3.11. The van der Waals surface area contributed by atoms with Crippen LogP contribution in [0.4, 0.5) is 10.1 Å². The van der Waals surface area contributed by atoms with Crippen molar-refractivity contribution in [2.75, 3.05) is 18.1 Å². The van der Waals surface area contributed by atoms with Gasteiger partial charge in [0.05, 0.1) is 11.3 Å². The van der Waals surface area contributed by atoms with Gasteiger partial charge in [0.2, 0.25) is 15.9 Å². The molecule has 2 rings (SSSR count). The number of nitriles is 1. The van der Waals surface area contributed by atoms with Gasteiger partial charge in [-0.1, -0.05) is 11.8 Å². The number of nitrogens with one attached hydrogen (secondary N) is 2. The predicted octanol–water partition coefficient (Wildman–Crippen LogP) is -0.366. The highest BCUT2D eigenvalue weighted by atomic mass is 32.2. The molecule has 0 fully saturated rings. The lowest BCUT2D eigenvalue weighted by molar-refractivity contribution is -0.118. The Morgan fingerprint density at radius 2 is 2.21 bits per heavy atom. The minimum Gasteiger partial charge on any atom is -0.354 e. The van der Waals surface area contributed by atoms with Gasteiger partial charge in [0, 0.05) is 12.3 Å². The molecule has 0 unspecified atom stereocenters. The molecule has 0 aliphatic rings. The van der Waals surface area contributed by atoms with Gasteiger partial charge in [-0.3, -0.25) is 15.5 Å². The molecule has 2 aromatic rings. The molecule has 0 saturated carbocycles. The molecular weight excluding hydrogens is 429 g/mol. The Balaban J connectivity index is 2.05. The van der Waals surface area contributed by atoms with Crippen molar-refractivity contribution in [3.8, 4) is 6.07 Å². The Hall–Kier alpha value is -3.06. The number of amidine groups is 1. The molecule has 29 heavy (non-hydrogen) atoms. The molecule has 1 amide bonds.